The summed E-state index contributed by atoms with van der Waals surface area (Å²) in [5.41, 5.74) is 1.08. The molecule has 100 valence electrons. The number of alkyl halides is 1. The molecule has 0 radical (unpaired) electrons. The Bertz CT molecular complexity index is 366. The smallest absolute Gasteiger partial charge is 0.228 e. The van der Waals surface area contributed by atoms with Gasteiger partial charge in [-0.2, -0.15) is 0 Å². The SMILES string of the molecule is CCC(C)C(C(=O)NC(C)CCl)c1ccccc1. The van der Waals surface area contributed by atoms with E-state index in [4.69, 9.17) is 11.6 Å². The molecule has 0 heterocycles. The van der Waals surface area contributed by atoms with Gasteiger partial charge in [-0.05, 0) is 18.4 Å². The molecule has 0 aliphatic carbocycles. The Hall–Kier alpha value is -1.02. The Morgan fingerprint density at radius 2 is 1.89 bits per heavy atom. The van der Waals surface area contributed by atoms with Gasteiger partial charge in [0.25, 0.3) is 0 Å². The van der Waals surface area contributed by atoms with Crippen LogP contribution in [0, 0.1) is 5.92 Å². The van der Waals surface area contributed by atoms with Crippen LogP contribution in [0.2, 0.25) is 0 Å². The van der Waals surface area contributed by atoms with Crippen molar-refractivity contribution in [3.05, 3.63) is 35.9 Å². The Balaban J connectivity index is 2.89. The largest absolute Gasteiger partial charge is 0.352 e. The van der Waals surface area contributed by atoms with Crippen molar-refractivity contribution in [1.29, 1.82) is 0 Å². The Morgan fingerprint density at radius 3 is 2.39 bits per heavy atom. The molecule has 1 amide bonds. The maximum Gasteiger partial charge on any atom is 0.228 e. The van der Waals surface area contributed by atoms with Gasteiger partial charge in [-0.15, -0.1) is 11.6 Å². The first-order chi connectivity index (χ1) is 8.60. The van der Waals surface area contributed by atoms with Crippen molar-refractivity contribution in [1.82, 2.24) is 5.32 Å². The van der Waals surface area contributed by atoms with Crippen LogP contribution in [0.25, 0.3) is 0 Å². The summed E-state index contributed by atoms with van der Waals surface area (Å²) >= 11 is 5.75. The van der Waals surface area contributed by atoms with Crippen LogP contribution >= 0.6 is 11.6 Å². The van der Waals surface area contributed by atoms with Crippen molar-refractivity contribution >= 4 is 17.5 Å². The molecule has 1 N–H and O–H groups in total. The van der Waals surface area contributed by atoms with Crippen LogP contribution in [0.5, 0.6) is 0 Å². The third kappa shape index (κ3) is 4.02. The molecule has 2 nitrogen and oxygen atoms in total. The van der Waals surface area contributed by atoms with Crippen LogP contribution in [0.15, 0.2) is 30.3 Å². The third-order valence-corrected chi connectivity index (χ3v) is 3.74. The molecule has 18 heavy (non-hydrogen) atoms. The summed E-state index contributed by atoms with van der Waals surface area (Å²) in [5.74, 6) is 0.730. The molecule has 0 fully saturated rings. The average molecular weight is 268 g/mol. The minimum atomic E-state index is -0.0955. The zero-order valence-corrected chi connectivity index (χ0v) is 12.1. The quantitative estimate of drug-likeness (QED) is 0.785. The van der Waals surface area contributed by atoms with E-state index < -0.39 is 0 Å². The van der Waals surface area contributed by atoms with Crippen molar-refractivity contribution in [3.8, 4) is 0 Å². The van der Waals surface area contributed by atoms with Gasteiger partial charge < -0.3 is 5.32 Å². The van der Waals surface area contributed by atoms with Crippen molar-refractivity contribution in [2.45, 2.75) is 39.2 Å². The molecule has 3 heteroatoms. The predicted octanol–water partition coefficient (Wildman–Crippen LogP) is 3.56. The number of hydrogen-bond acceptors (Lipinski definition) is 1. The Kier molecular flexibility index (Phi) is 6.20. The van der Waals surface area contributed by atoms with Gasteiger partial charge in [0.1, 0.15) is 0 Å². The minimum Gasteiger partial charge on any atom is -0.352 e. The van der Waals surface area contributed by atoms with E-state index in [1.165, 1.54) is 0 Å². The molecule has 0 aliphatic rings. The van der Waals surface area contributed by atoms with E-state index in [0.29, 0.717) is 11.8 Å². The first kappa shape index (κ1) is 15.0. The number of hydrogen-bond donors (Lipinski definition) is 1. The lowest BCUT2D eigenvalue weighted by Crippen LogP contribution is -2.39. The number of carbonyl (C=O) groups is 1. The molecule has 0 aromatic heterocycles. The Morgan fingerprint density at radius 1 is 1.28 bits per heavy atom. The van der Waals surface area contributed by atoms with Gasteiger partial charge in [-0.1, -0.05) is 50.6 Å². The molecule has 3 atom stereocenters. The molecule has 0 aliphatic heterocycles. The maximum atomic E-state index is 12.3. The molecule has 3 unspecified atom stereocenters. The number of carbonyl (C=O) groups excluding carboxylic acids is 1. The summed E-state index contributed by atoms with van der Waals surface area (Å²) in [6.45, 7) is 6.14. The van der Waals surface area contributed by atoms with Gasteiger partial charge in [0, 0.05) is 11.9 Å². The molecular formula is C15H22ClNO. The highest BCUT2D eigenvalue weighted by Crippen LogP contribution is 2.27. The second kappa shape index (κ2) is 7.42. The highest BCUT2D eigenvalue weighted by atomic mass is 35.5. The summed E-state index contributed by atoms with van der Waals surface area (Å²) in [7, 11) is 0. The normalized spacial score (nSPS) is 15.8. The maximum absolute atomic E-state index is 12.3. The molecule has 1 aromatic carbocycles. The van der Waals surface area contributed by atoms with Crippen LogP contribution in [0.3, 0.4) is 0 Å². The van der Waals surface area contributed by atoms with Crippen LogP contribution < -0.4 is 5.32 Å². The molecule has 1 rings (SSSR count). The number of rotatable bonds is 6. The second-order valence-corrected chi connectivity index (χ2v) is 5.15. The molecule has 1 aromatic rings. The summed E-state index contributed by atoms with van der Waals surface area (Å²) < 4.78 is 0. The van der Waals surface area contributed by atoms with Crippen molar-refractivity contribution < 1.29 is 4.79 Å². The van der Waals surface area contributed by atoms with E-state index in [0.717, 1.165) is 12.0 Å². The lowest BCUT2D eigenvalue weighted by atomic mass is 9.85. The van der Waals surface area contributed by atoms with Gasteiger partial charge in [0.05, 0.1) is 5.92 Å². The van der Waals surface area contributed by atoms with Crippen LogP contribution in [0.1, 0.15) is 38.7 Å². The molecule has 0 saturated heterocycles. The average Bonchev–Trinajstić information content (AvgIpc) is 2.39. The lowest BCUT2D eigenvalue weighted by molar-refractivity contribution is -0.124. The summed E-state index contributed by atoms with van der Waals surface area (Å²) in [6, 6.07) is 9.96. The van der Waals surface area contributed by atoms with E-state index >= 15 is 0 Å². The van der Waals surface area contributed by atoms with Gasteiger partial charge in [-0.25, -0.2) is 0 Å². The van der Waals surface area contributed by atoms with E-state index in [9.17, 15) is 4.79 Å². The summed E-state index contributed by atoms with van der Waals surface area (Å²) in [5, 5.41) is 2.97. The van der Waals surface area contributed by atoms with Gasteiger partial charge >= 0.3 is 0 Å². The van der Waals surface area contributed by atoms with Gasteiger partial charge in [0.15, 0.2) is 0 Å². The zero-order chi connectivity index (χ0) is 13.5. The standard InChI is InChI=1S/C15H22ClNO/c1-4-11(2)14(13-8-6-5-7-9-13)15(18)17-12(3)10-16/h5-9,11-12,14H,4,10H2,1-3H3,(H,17,18). The molecule has 0 saturated carbocycles. The van der Waals surface area contributed by atoms with E-state index in [1.54, 1.807) is 0 Å². The van der Waals surface area contributed by atoms with Crippen molar-refractivity contribution in [2.24, 2.45) is 5.92 Å². The molecule has 0 spiro atoms. The fraction of sp³-hybridized carbons (Fsp3) is 0.533. The van der Waals surface area contributed by atoms with E-state index in [1.807, 2.05) is 37.3 Å². The van der Waals surface area contributed by atoms with Crippen LogP contribution in [-0.2, 0) is 4.79 Å². The summed E-state index contributed by atoms with van der Waals surface area (Å²) in [4.78, 5) is 12.3. The van der Waals surface area contributed by atoms with Crippen molar-refractivity contribution in [2.75, 3.05) is 5.88 Å². The Labute approximate surface area is 115 Å². The number of halogens is 1. The fourth-order valence-electron chi connectivity index (χ4n) is 2.01. The third-order valence-electron chi connectivity index (χ3n) is 3.27. The van der Waals surface area contributed by atoms with Crippen molar-refractivity contribution in [3.63, 3.8) is 0 Å². The fourth-order valence-corrected chi connectivity index (χ4v) is 2.08. The predicted molar refractivity (Wildman–Crippen MR) is 77.0 cm³/mol. The summed E-state index contributed by atoms with van der Waals surface area (Å²) in [6.07, 6.45) is 0.974. The zero-order valence-electron chi connectivity index (χ0n) is 11.3. The highest BCUT2D eigenvalue weighted by Gasteiger charge is 2.26. The minimum absolute atomic E-state index is 0.00874. The van der Waals surface area contributed by atoms with E-state index in [-0.39, 0.29) is 17.9 Å². The van der Waals surface area contributed by atoms with Gasteiger partial charge in [0.2, 0.25) is 5.91 Å². The van der Waals surface area contributed by atoms with E-state index in [2.05, 4.69) is 19.2 Å². The van der Waals surface area contributed by atoms with Crippen LogP contribution in [-0.4, -0.2) is 17.8 Å². The first-order valence-electron chi connectivity index (χ1n) is 6.51. The molecule has 0 bridgehead atoms. The first-order valence-corrected chi connectivity index (χ1v) is 7.04. The number of amides is 1. The topological polar surface area (TPSA) is 29.1 Å². The van der Waals surface area contributed by atoms with Crippen LogP contribution in [0.4, 0.5) is 0 Å². The lowest BCUT2D eigenvalue weighted by Gasteiger charge is -2.24. The van der Waals surface area contributed by atoms with Gasteiger partial charge in [-0.3, -0.25) is 4.79 Å². The second-order valence-electron chi connectivity index (χ2n) is 4.84. The monoisotopic (exact) mass is 267 g/mol. The number of benzene rings is 1. The number of nitrogens with one attached hydrogen (secondary N) is 1. The highest BCUT2D eigenvalue weighted by molar-refractivity contribution is 6.18. The molecular weight excluding hydrogens is 246 g/mol.